The lowest BCUT2D eigenvalue weighted by molar-refractivity contribution is -0.134. The average Bonchev–Trinajstić information content (AvgIpc) is 3.14. The van der Waals surface area contributed by atoms with E-state index in [1.807, 2.05) is 78.4 Å². The van der Waals surface area contributed by atoms with Crippen molar-refractivity contribution < 1.29 is 14.6 Å². The Balaban J connectivity index is 1.36. The number of likely N-dealkylation sites (N-methyl/N-ethyl adjacent to an activating group) is 1. The molecule has 1 aliphatic heterocycles. The van der Waals surface area contributed by atoms with Crippen LogP contribution in [-0.4, -0.2) is 47.6 Å². The minimum Gasteiger partial charge on any atom is -0.457 e. The van der Waals surface area contributed by atoms with E-state index in [-0.39, 0.29) is 6.04 Å². The number of ether oxygens (including phenoxy) is 2. The molecular formula is C24H27N3O3. The van der Waals surface area contributed by atoms with Gasteiger partial charge in [-0.2, -0.15) is 0 Å². The molecule has 1 N–H and O–H groups in total. The van der Waals surface area contributed by atoms with Crippen molar-refractivity contribution in [2.75, 3.05) is 25.1 Å². The van der Waals surface area contributed by atoms with Gasteiger partial charge in [0.25, 0.3) is 0 Å². The van der Waals surface area contributed by atoms with Gasteiger partial charge in [0.05, 0.1) is 6.61 Å². The number of hydrogen-bond donors (Lipinski definition) is 1. The molecule has 2 aromatic carbocycles. The van der Waals surface area contributed by atoms with E-state index in [2.05, 4.69) is 17.1 Å². The Morgan fingerprint density at radius 2 is 1.77 bits per heavy atom. The summed E-state index contributed by atoms with van der Waals surface area (Å²) < 4.78 is 11.3. The molecule has 2 heterocycles. The topological polar surface area (TPSA) is 58.1 Å². The van der Waals surface area contributed by atoms with Crippen LogP contribution in [0.15, 0.2) is 72.9 Å². The molecule has 0 bridgehead atoms. The van der Waals surface area contributed by atoms with Crippen molar-refractivity contribution in [3.63, 3.8) is 0 Å². The van der Waals surface area contributed by atoms with Gasteiger partial charge in [-0.05, 0) is 60.5 Å². The van der Waals surface area contributed by atoms with Crippen molar-refractivity contribution in [3.05, 3.63) is 78.5 Å². The molecule has 0 radical (unpaired) electrons. The normalized spacial score (nSPS) is 19.0. The zero-order valence-electron chi connectivity index (χ0n) is 17.3. The predicted molar refractivity (Wildman–Crippen MR) is 117 cm³/mol. The van der Waals surface area contributed by atoms with E-state index in [1.54, 1.807) is 6.20 Å². The van der Waals surface area contributed by atoms with Crippen molar-refractivity contribution in [1.29, 1.82) is 0 Å². The fourth-order valence-electron chi connectivity index (χ4n) is 3.68. The van der Waals surface area contributed by atoms with Crippen LogP contribution in [0.3, 0.4) is 0 Å². The maximum atomic E-state index is 9.84. The molecule has 1 fully saturated rings. The molecule has 0 aliphatic carbocycles. The van der Waals surface area contributed by atoms with E-state index >= 15 is 0 Å². The highest BCUT2D eigenvalue weighted by molar-refractivity contribution is 5.59. The second-order valence-corrected chi connectivity index (χ2v) is 7.33. The van der Waals surface area contributed by atoms with Gasteiger partial charge in [0.1, 0.15) is 17.3 Å². The minimum absolute atomic E-state index is 0.195. The van der Waals surface area contributed by atoms with Gasteiger partial charge in [-0.1, -0.05) is 25.1 Å². The molecule has 30 heavy (non-hydrogen) atoms. The van der Waals surface area contributed by atoms with Gasteiger partial charge in [0.15, 0.2) is 0 Å². The zero-order valence-corrected chi connectivity index (χ0v) is 17.3. The molecule has 1 aromatic heterocycles. The third-order valence-corrected chi connectivity index (χ3v) is 5.40. The highest BCUT2D eigenvalue weighted by Gasteiger charge is 2.31. The summed E-state index contributed by atoms with van der Waals surface area (Å²) >= 11 is 0. The highest BCUT2D eigenvalue weighted by atomic mass is 16.6. The van der Waals surface area contributed by atoms with E-state index in [0.717, 1.165) is 36.0 Å². The lowest BCUT2D eigenvalue weighted by atomic mass is 10.1. The number of hydrogen-bond acceptors (Lipinski definition) is 6. The fraction of sp³-hybridized carbons (Fsp3) is 0.292. The van der Waals surface area contributed by atoms with Gasteiger partial charge in [-0.25, -0.2) is 9.88 Å². The van der Waals surface area contributed by atoms with Crippen LogP contribution < -0.4 is 9.64 Å². The first-order chi connectivity index (χ1) is 14.6. The minimum atomic E-state index is -0.790. The summed E-state index contributed by atoms with van der Waals surface area (Å²) in [5, 5.41) is 9.84. The number of rotatable bonds is 7. The standard InChI is InChI=1S/C24H27N3O3/c1-3-27-20(17-29-24(27)28)16-18-7-11-21(12-8-18)30-22-13-9-19(10-14-22)26(2)23-6-4-5-15-25-23/h4-15,20,24,28H,3,16-17H2,1-2H3/t20-,24?/m0/s1. The highest BCUT2D eigenvalue weighted by Crippen LogP contribution is 2.27. The molecule has 0 spiro atoms. The summed E-state index contributed by atoms with van der Waals surface area (Å²) in [5.74, 6) is 2.47. The summed E-state index contributed by atoms with van der Waals surface area (Å²) in [6.45, 7) is 3.34. The molecule has 6 heteroatoms. The monoisotopic (exact) mass is 405 g/mol. The van der Waals surface area contributed by atoms with Crippen molar-refractivity contribution >= 4 is 11.5 Å². The maximum Gasteiger partial charge on any atom is 0.216 e. The van der Waals surface area contributed by atoms with Crippen LogP contribution in [0, 0.1) is 0 Å². The van der Waals surface area contributed by atoms with Crippen LogP contribution >= 0.6 is 0 Å². The number of nitrogens with zero attached hydrogens (tertiary/aromatic N) is 3. The maximum absolute atomic E-state index is 9.84. The second-order valence-electron chi connectivity index (χ2n) is 7.33. The predicted octanol–water partition coefficient (Wildman–Crippen LogP) is 4.18. The summed E-state index contributed by atoms with van der Waals surface area (Å²) in [6, 6.07) is 22.1. The van der Waals surface area contributed by atoms with Crippen LogP contribution in [0.1, 0.15) is 12.5 Å². The van der Waals surface area contributed by atoms with Gasteiger partial charge < -0.3 is 19.5 Å². The second kappa shape index (κ2) is 9.26. The van der Waals surface area contributed by atoms with Crippen molar-refractivity contribution in [2.45, 2.75) is 25.8 Å². The van der Waals surface area contributed by atoms with E-state index < -0.39 is 6.41 Å². The third kappa shape index (κ3) is 4.62. The zero-order chi connectivity index (χ0) is 20.9. The van der Waals surface area contributed by atoms with Gasteiger partial charge >= 0.3 is 0 Å². The number of pyridine rings is 1. The van der Waals surface area contributed by atoms with E-state index in [9.17, 15) is 5.11 Å². The average molecular weight is 405 g/mol. The summed E-state index contributed by atoms with van der Waals surface area (Å²) in [7, 11) is 1.99. The molecule has 1 unspecified atom stereocenters. The summed E-state index contributed by atoms with van der Waals surface area (Å²) in [5.41, 5.74) is 2.23. The molecule has 1 aliphatic rings. The molecule has 1 saturated heterocycles. The number of benzene rings is 2. The number of aliphatic hydroxyl groups is 1. The lowest BCUT2D eigenvalue weighted by Crippen LogP contribution is -2.37. The first kappa shape index (κ1) is 20.3. The molecule has 3 aromatic rings. The smallest absolute Gasteiger partial charge is 0.216 e. The van der Waals surface area contributed by atoms with Crippen LogP contribution in [0.5, 0.6) is 11.5 Å². The first-order valence-electron chi connectivity index (χ1n) is 10.2. The lowest BCUT2D eigenvalue weighted by Gasteiger charge is -2.23. The van der Waals surface area contributed by atoms with Crippen LogP contribution in [0.2, 0.25) is 0 Å². The van der Waals surface area contributed by atoms with Gasteiger partial charge in [0, 0.05) is 31.5 Å². The van der Waals surface area contributed by atoms with Gasteiger partial charge in [-0.3, -0.25) is 0 Å². The van der Waals surface area contributed by atoms with E-state index in [4.69, 9.17) is 9.47 Å². The Labute approximate surface area is 177 Å². The van der Waals surface area contributed by atoms with Crippen molar-refractivity contribution in [3.8, 4) is 11.5 Å². The Morgan fingerprint density at radius 1 is 1.07 bits per heavy atom. The summed E-state index contributed by atoms with van der Waals surface area (Å²) in [6.07, 6.45) is 1.83. The Morgan fingerprint density at radius 3 is 2.40 bits per heavy atom. The molecule has 4 rings (SSSR count). The number of aliphatic hydroxyl groups excluding tert-OH is 1. The quantitative estimate of drug-likeness (QED) is 0.636. The SMILES string of the molecule is CCN1C(O)OC[C@@H]1Cc1ccc(Oc2ccc(N(C)c3ccccn3)cc2)cc1. The number of anilines is 2. The van der Waals surface area contributed by atoms with Crippen molar-refractivity contribution in [1.82, 2.24) is 9.88 Å². The molecular weight excluding hydrogens is 378 g/mol. The molecule has 0 amide bonds. The molecule has 6 nitrogen and oxygen atoms in total. The molecule has 156 valence electrons. The third-order valence-electron chi connectivity index (χ3n) is 5.40. The Bertz CT molecular complexity index is 932. The van der Waals surface area contributed by atoms with E-state index in [1.165, 1.54) is 5.56 Å². The largest absolute Gasteiger partial charge is 0.457 e. The van der Waals surface area contributed by atoms with Crippen molar-refractivity contribution in [2.24, 2.45) is 0 Å². The fourth-order valence-corrected chi connectivity index (χ4v) is 3.68. The van der Waals surface area contributed by atoms with E-state index in [0.29, 0.717) is 6.61 Å². The number of aromatic nitrogens is 1. The first-order valence-corrected chi connectivity index (χ1v) is 10.2. The summed E-state index contributed by atoms with van der Waals surface area (Å²) in [4.78, 5) is 8.37. The Kier molecular flexibility index (Phi) is 6.28. The van der Waals surface area contributed by atoms with Crippen LogP contribution in [0.25, 0.3) is 0 Å². The molecule has 0 saturated carbocycles. The van der Waals surface area contributed by atoms with Crippen LogP contribution in [0.4, 0.5) is 11.5 Å². The van der Waals surface area contributed by atoms with Crippen LogP contribution in [-0.2, 0) is 11.2 Å². The molecule has 2 atom stereocenters. The van der Waals surface area contributed by atoms with Gasteiger partial charge in [-0.15, -0.1) is 0 Å². The van der Waals surface area contributed by atoms with Gasteiger partial charge in [0.2, 0.25) is 6.41 Å². The Hall–Kier alpha value is -2.93.